The van der Waals surface area contributed by atoms with Crippen LogP contribution in [-0.4, -0.2) is 29.3 Å². The van der Waals surface area contributed by atoms with E-state index >= 15 is 0 Å². The Kier molecular flexibility index (Phi) is 5.21. The lowest BCUT2D eigenvalue weighted by molar-refractivity contribution is -0.137. The number of alkyl halides is 1. The average Bonchev–Trinajstić information content (AvgIpc) is 2.35. The summed E-state index contributed by atoms with van der Waals surface area (Å²) in [5.74, 6) is 0.596. The second-order valence-electron chi connectivity index (χ2n) is 5.27. The van der Waals surface area contributed by atoms with Gasteiger partial charge >= 0.3 is 0 Å². The monoisotopic (exact) mass is 267 g/mol. The number of hydrogen-bond acceptors (Lipinski definition) is 1. The molecule has 0 saturated carbocycles. The largest absolute Gasteiger partial charge is 0.338 e. The quantitative estimate of drug-likeness (QED) is 0.749. The van der Waals surface area contributed by atoms with Crippen molar-refractivity contribution in [3.05, 3.63) is 35.9 Å². The smallest absolute Gasteiger partial charge is 0.232 e. The van der Waals surface area contributed by atoms with Crippen LogP contribution in [0.4, 0.5) is 0 Å². The maximum atomic E-state index is 12.7. The molecule has 0 aliphatic heterocycles. The molecule has 0 heterocycles. The normalized spacial score (nSPS) is 11.7. The third-order valence-corrected chi connectivity index (χ3v) is 3.41. The summed E-state index contributed by atoms with van der Waals surface area (Å²) in [5.41, 5.74) is 0.521. The minimum Gasteiger partial charge on any atom is -0.338 e. The molecule has 0 aliphatic rings. The van der Waals surface area contributed by atoms with Crippen LogP contribution in [0.1, 0.15) is 33.3 Å². The predicted octanol–water partition coefficient (Wildman–Crippen LogP) is 3.44. The lowest BCUT2D eigenvalue weighted by Crippen LogP contribution is -2.47. The molecule has 0 bridgehead atoms. The second-order valence-corrected chi connectivity index (χ2v) is 5.65. The summed E-state index contributed by atoms with van der Waals surface area (Å²) in [4.78, 5) is 14.5. The van der Waals surface area contributed by atoms with Crippen molar-refractivity contribution in [1.29, 1.82) is 0 Å². The lowest BCUT2D eigenvalue weighted by atomic mass is 9.83. The van der Waals surface area contributed by atoms with Crippen LogP contribution in [0.5, 0.6) is 0 Å². The van der Waals surface area contributed by atoms with Gasteiger partial charge in [-0.2, -0.15) is 0 Å². The van der Waals surface area contributed by atoms with E-state index in [-0.39, 0.29) is 11.9 Å². The van der Waals surface area contributed by atoms with Crippen molar-refractivity contribution in [3.8, 4) is 0 Å². The Balaban J connectivity index is 3.00. The topological polar surface area (TPSA) is 20.3 Å². The SMILES string of the molecule is CC(C)N(CCCl)C(=O)C(C)(C)c1ccccc1. The van der Waals surface area contributed by atoms with Crippen LogP contribution in [-0.2, 0) is 10.2 Å². The van der Waals surface area contributed by atoms with E-state index < -0.39 is 5.41 Å². The molecule has 2 nitrogen and oxygen atoms in total. The molecule has 18 heavy (non-hydrogen) atoms. The van der Waals surface area contributed by atoms with Crippen molar-refractivity contribution in [2.24, 2.45) is 0 Å². The van der Waals surface area contributed by atoms with Gasteiger partial charge in [0.1, 0.15) is 0 Å². The molecule has 3 heteroatoms. The molecule has 0 saturated heterocycles. The van der Waals surface area contributed by atoms with Crippen LogP contribution in [0.2, 0.25) is 0 Å². The van der Waals surface area contributed by atoms with Crippen LogP contribution in [0.25, 0.3) is 0 Å². The maximum absolute atomic E-state index is 12.7. The zero-order valence-electron chi connectivity index (χ0n) is 11.6. The van der Waals surface area contributed by atoms with Crippen LogP contribution >= 0.6 is 11.6 Å². The van der Waals surface area contributed by atoms with Gasteiger partial charge in [0, 0.05) is 18.5 Å². The highest BCUT2D eigenvalue weighted by atomic mass is 35.5. The highest BCUT2D eigenvalue weighted by Gasteiger charge is 2.34. The first-order valence-corrected chi connectivity index (χ1v) is 6.87. The summed E-state index contributed by atoms with van der Waals surface area (Å²) in [6.45, 7) is 8.56. The minimum atomic E-state index is -0.516. The molecule has 1 rings (SSSR count). The molecular formula is C15H22ClNO. The van der Waals surface area contributed by atoms with Crippen molar-refractivity contribution in [1.82, 2.24) is 4.90 Å². The first-order valence-electron chi connectivity index (χ1n) is 6.33. The fraction of sp³-hybridized carbons (Fsp3) is 0.533. The molecule has 1 aromatic rings. The van der Waals surface area contributed by atoms with Crippen molar-refractivity contribution in [2.45, 2.75) is 39.2 Å². The van der Waals surface area contributed by atoms with E-state index in [9.17, 15) is 4.79 Å². The molecule has 0 radical (unpaired) electrons. The first-order chi connectivity index (χ1) is 8.41. The zero-order valence-corrected chi connectivity index (χ0v) is 12.4. The van der Waals surface area contributed by atoms with Gasteiger partial charge in [-0.3, -0.25) is 4.79 Å². The van der Waals surface area contributed by atoms with Crippen molar-refractivity contribution >= 4 is 17.5 Å². The van der Waals surface area contributed by atoms with Crippen molar-refractivity contribution < 1.29 is 4.79 Å². The summed E-state index contributed by atoms with van der Waals surface area (Å²) < 4.78 is 0. The van der Waals surface area contributed by atoms with Gasteiger partial charge in [-0.05, 0) is 33.3 Å². The van der Waals surface area contributed by atoms with Gasteiger partial charge in [-0.25, -0.2) is 0 Å². The summed E-state index contributed by atoms with van der Waals surface area (Å²) in [5, 5.41) is 0. The Morgan fingerprint density at radius 3 is 2.28 bits per heavy atom. The number of rotatable bonds is 5. The molecule has 0 atom stereocenters. The van der Waals surface area contributed by atoms with Crippen LogP contribution < -0.4 is 0 Å². The predicted molar refractivity (Wildman–Crippen MR) is 77.0 cm³/mol. The first kappa shape index (κ1) is 15.0. The van der Waals surface area contributed by atoms with E-state index in [1.54, 1.807) is 0 Å². The number of benzene rings is 1. The Bertz CT molecular complexity index is 387. The number of carbonyl (C=O) groups is 1. The summed E-state index contributed by atoms with van der Waals surface area (Å²) in [7, 11) is 0. The van der Waals surface area contributed by atoms with Gasteiger partial charge in [0.25, 0.3) is 0 Å². The molecule has 0 aromatic heterocycles. The Labute approximate surface area is 115 Å². The molecular weight excluding hydrogens is 246 g/mol. The molecule has 0 N–H and O–H groups in total. The standard InChI is InChI=1S/C15H22ClNO/c1-12(2)17(11-10-16)14(18)15(3,4)13-8-6-5-7-9-13/h5-9,12H,10-11H2,1-4H3. The van der Waals surface area contributed by atoms with Crippen molar-refractivity contribution in [2.75, 3.05) is 12.4 Å². The molecule has 1 aromatic carbocycles. The van der Waals surface area contributed by atoms with Gasteiger partial charge in [0.15, 0.2) is 0 Å². The fourth-order valence-electron chi connectivity index (χ4n) is 2.02. The molecule has 0 unspecified atom stereocenters. The lowest BCUT2D eigenvalue weighted by Gasteiger charge is -2.34. The number of nitrogens with zero attached hydrogens (tertiary/aromatic N) is 1. The Morgan fingerprint density at radius 2 is 1.83 bits per heavy atom. The summed E-state index contributed by atoms with van der Waals surface area (Å²) in [6.07, 6.45) is 0. The molecule has 1 amide bonds. The number of halogens is 1. The van der Waals surface area contributed by atoms with E-state index in [0.29, 0.717) is 12.4 Å². The molecule has 0 spiro atoms. The van der Waals surface area contributed by atoms with Gasteiger partial charge in [-0.1, -0.05) is 30.3 Å². The van der Waals surface area contributed by atoms with Crippen LogP contribution in [0.15, 0.2) is 30.3 Å². The van der Waals surface area contributed by atoms with E-state index in [1.807, 2.05) is 62.9 Å². The van der Waals surface area contributed by atoms with E-state index in [2.05, 4.69) is 0 Å². The van der Waals surface area contributed by atoms with E-state index in [0.717, 1.165) is 5.56 Å². The average molecular weight is 268 g/mol. The van der Waals surface area contributed by atoms with Gasteiger partial charge in [-0.15, -0.1) is 11.6 Å². The van der Waals surface area contributed by atoms with Gasteiger partial charge in [0.05, 0.1) is 5.41 Å². The number of amides is 1. The van der Waals surface area contributed by atoms with Crippen molar-refractivity contribution in [3.63, 3.8) is 0 Å². The highest BCUT2D eigenvalue weighted by molar-refractivity contribution is 6.18. The van der Waals surface area contributed by atoms with E-state index in [4.69, 9.17) is 11.6 Å². The summed E-state index contributed by atoms with van der Waals surface area (Å²) in [6, 6.07) is 10.0. The van der Waals surface area contributed by atoms with Crippen LogP contribution in [0.3, 0.4) is 0 Å². The Morgan fingerprint density at radius 1 is 1.28 bits per heavy atom. The Hall–Kier alpha value is -1.02. The van der Waals surface area contributed by atoms with Gasteiger partial charge < -0.3 is 4.90 Å². The second kappa shape index (κ2) is 6.24. The zero-order chi connectivity index (χ0) is 13.8. The highest BCUT2D eigenvalue weighted by Crippen LogP contribution is 2.26. The molecule has 100 valence electrons. The third kappa shape index (κ3) is 3.26. The molecule has 0 fully saturated rings. The number of carbonyl (C=O) groups excluding carboxylic acids is 1. The van der Waals surface area contributed by atoms with Crippen LogP contribution in [0, 0.1) is 0 Å². The van der Waals surface area contributed by atoms with E-state index in [1.165, 1.54) is 0 Å². The summed E-state index contributed by atoms with van der Waals surface area (Å²) >= 11 is 5.79. The minimum absolute atomic E-state index is 0.129. The fourth-order valence-corrected chi connectivity index (χ4v) is 2.20. The molecule has 0 aliphatic carbocycles. The maximum Gasteiger partial charge on any atom is 0.232 e. The third-order valence-electron chi connectivity index (χ3n) is 3.24. The van der Waals surface area contributed by atoms with Gasteiger partial charge in [0.2, 0.25) is 5.91 Å². The number of hydrogen-bond donors (Lipinski definition) is 0.